The number of alkyl halides is 2. The van der Waals surface area contributed by atoms with Gasteiger partial charge in [0.2, 0.25) is 0 Å². The Balaban J connectivity index is 2.23. The van der Waals surface area contributed by atoms with Gasteiger partial charge < -0.3 is 4.43 Å². The summed E-state index contributed by atoms with van der Waals surface area (Å²) < 4.78 is 6.85. The molecule has 0 aromatic heterocycles. The minimum atomic E-state index is -2.50. The van der Waals surface area contributed by atoms with Gasteiger partial charge in [-0.25, -0.2) is 0 Å². The van der Waals surface area contributed by atoms with Crippen LogP contribution in [0.1, 0.15) is 53.4 Å². The highest BCUT2D eigenvalue weighted by molar-refractivity contribution is 6.99. The summed E-state index contributed by atoms with van der Waals surface area (Å²) in [6, 6.07) is 21.4. The van der Waals surface area contributed by atoms with Crippen LogP contribution in [0.25, 0.3) is 0 Å². The van der Waals surface area contributed by atoms with Gasteiger partial charge in [-0.3, -0.25) is 0 Å². The lowest BCUT2D eigenvalue weighted by molar-refractivity contribution is 0.339. The maximum absolute atomic E-state index is 6.85. The van der Waals surface area contributed by atoms with Crippen molar-refractivity contribution in [2.45, 2.75) is 69.2 Å². The Bertz CT molecular complexity index is 716. The molecule has 0 fully saturated rings. The molecule has 0 amide bonds. The predicted molar refractivity (Wildman–Crippen MR) is 136 cm³/mol. The van der Waals surface area contributed by atoms with E-state index in [1.54, 1.807) is 0 Å². The molecule has 0 radical (unpaired) electrons. The van der Waals surface area contributed by atoms with Gasteiger partial charge in [0.05, 0.1) is 17.4 Å². The van der Waals surface area contributed by atoms with Crippen molar-refractivity contribution in [3.8, 4) is 0 Å². The van der Waals surface area contributed by atoms with Crippen LogP contribution in [0, 0.1) is 0 Å². The summed E-state index contributed by atoms with van der Waals surface area (Å²) in [6.45, 7) is 9.58. The Hall–Kier alpha value is -1.06. The highest BCUT2D eigenvalue weighted by Gasteiger charge is 2.49. The van der Waals surface area contributed by atoms with Crippen molar-refractivity contribution in [3.63, 3.8) is 0 Å². The van der Waals surface area contributed by atoms with Crippen molar-refractivity contribution in [1.29, 1.82) is 0 Å². The maximum atomic E-state index is 6.85. The largest absolute Gasteiger partial charge is 0.404 e. The van der Waals surface area contributed by atoms with Crippen LogP contribution in [0.3, 0.4) is 0 Å². The zero-order valence-electron chi connectivity index (χ0n) is 18.8. The SMILES string of the molecule is CCCCC[C@@H](Cl)[C@H](Cl)/C=C/CO[Si](c1ccccc1)(c1ccccc1)C(C)(C)C. The van der Waals surface area contributed by atoms with Crippen LogP contribution in [0.4, 0.5) is 0 Å². The highest BCUT2D eigenvalue weighted by atomic mass is 35.5. The fourth-order valence-corrected chi connectivity index (χ4v) is 8.96. The van der Waals surface area contributed by atoms with E-state index >= 15 is 0 Å². The van der Waals surface area contributed by atoms with Crippen molar-refractivity contribution < 1.29 is 4.43 Å². The molecule has 0 N–H and O–H groups in total. The fourth-order valence-electron chi connectivity index (χ4n) is 3.99. The summed E-state index contributed by atoms with van der Waals surface area (Å²) in [6.07, 6.45) is 8.52. The van der Waals surface area contributed by atoms with Gasteiger partial charge in [0.15, 0.2) is 0 Å². The topological polar surface area (TPSA) is 9.23 Å². The van der Waals surface area contributed by atoms with Gasteiger partial charge in [0, 0.05) is 0 Å². The normalized spacial score (nSPS) is 14.7. The van der Waals surface area contributed by atoms with Gasteiger partial charge in [-0.05, 0) is 21.8 Å². The number of benzene rings is 2. The molecule has 0 bridgehead atoms. The predicted octanol–water partition coefficient (Wildman–Crippen LogP) is 6.91. The van der Waals surface area contributed by atoms with E-state index in [1.807, 2.05) is 12.2 Å². The van der Waals surface area contributed by atoms with E-state index in [2.05, 4.69) is 88.4 Å². The number of allylic oxidation sites excluding steroid dienone is 1. The molecule has 2 aromatic rings. The van der Waals surface area contributed by atoms with Gasteiger partial charge in [-0.1, -0.05) is 120 Å². The van der Waals surface area contributed by atoms with E-state index in [-0.39, 0.29) is 15.8 Å². The standard InChI is InChI=1S/C26H36Cl2OSi/c1-5-6-9-19-24(27)25(28)20-14-21-29-30(26(2,3)4,22-15-10-7-11-16-22)23-17-12-8-13-18-23/h7-8,10-18,20,24-25H,5-6,9,19,21H2,1-4H3/b20-14+/t24-,25-/m1/s1. The summed E-state index contributed by atoms with van der Waals surface area (Å²) in [7, 11) is -2.50. The molecule has 0 unspecified atom stereocenters. The Labute approximate surface area is 194 Å². The van der Waals surface area contributed by atoms with Crippen molar-refractivity contribution in [1.82, 2.24) is 0 Å². The number of unbranched alkanes of at least 4 members (excludes halogenated alkanes) is 2. The Morgan fingerprint density at radius 1 is 0.900 bits per heavy atom. The van der Waals surface area contributed by atoms with Crippen molar-refractivity contribution in [3.05, 3.63) is 72.8 Å². The quantitative estimate of drug-likeness (QED) is 0.152. The first kappa shape index (κ1) is 25.2. The van der Waals surface area contributed by atoms with E-state index in [4.69, 9.17) is 27.6 Å². The van der Waals surface area contributed by atoms with Crippen LogP contribution in [0.5, 0.6) is 0 Å². The molecule has 0 saturated heterocycles. The lowest BCUT2D eigenvalue weighted by atomic mass is 10.1. The van der Waals surface area contributed by atoms with Gasteiger partial charge in [-0.15, -0.1) is 23.2 Å². The second kappa shape index (κ2) is 12.1. The van der Waals surface area contributed by atoms with Crippen LogP contribution in [-0.4, -0.2) is 25.7 Å². The molecule has 2 rings (SSSR count). The van der Waals surface area contributed by atoms with Crippen molar-refractivity contribution >= 4 is 41.9 Å². The van der Waals surface area contributed by atoms with Crippen LogP contribution in [0.2, 0.25) is 5.04 Å². The van der Waals surface area contributed by atoms with Crippen molar-refractivity contribution in [2.75, 3.05) is 6.61 Å². The molecule has 2 aromatic carbocycles. The smallest absolute Gasteiger partial charge is 0.261 e. The first-order valence-corrected chi connectivity index (χ1v) is 13.8. The molecular weight excluding hydrogens is 427 g/mol. The summed E-state index contributed by atoms with van der Waals surface area (Å²) in [5, 5.41) is 2.33. The molecule has 0 heterocycles. The van der Waals surface area contributed by atoms with E-state index in [9.17, 15) is 0 Å². The van der Waals surface area contributed by atoms with Crippen LogP contribution >= 0.6 is 23.2 Å². The number of hydrogen-bond donors (Lipinski definition) is 0. The van der Waals surface area contributed by atoms with Crippen molar-refractivity contribution in [2.24, 2.45) is 0 Å². The summed E-state index contributed by atoms with van der Waals surface area (Å²) in [5.41, 5.74) is 0. The van der Waals surface area contributed by atoms with Gasteiger partial charge in [0.25, 0.3) is 8.32 Å². The van der Waals surface area contributed by atoms with Gasteiger partial charge in [-0.2, -0.15) is 0 Å². The minimum absolute atomic E-state index is 0.0287. The third kappa shape index (κ3) is 6.47. The molecule has 0 aliphatic carbocycles. The fraction of sp³-hybridized carbons (Fsp3) is 0.462. The minimum Gasteiger partial charge on any atom is -0.404 e. The molecule has 4 heteroatoms. The second-order valence-electron chi connectivity index (χ2n) is 8.86. The monoisotopic (exact) mass is 462 g/mol. The van der Waals surface area contributed by atoms with Gasteiger partial charge >= 0.3 is 0 Å². The zero-order chi connectivity index (χ0) is 22.0. The molecular formula is C26H36Cl2OSi. The number of rotatable bonds is 11. The second-order valence-corrected chi connectivity index (χ2v) is 14.2. The molecule has 0 aliphatic rings. The molecule has 0 spiro atoms. The summed E-state index contributed by atoms with van der Waals surface area (Å²) >= 11 is 13.0. The third-order valence-corrected chi connectivity index (χ3v) is 11.6. The van der Waals surface area contributed by atoms with Gasteiger partial charge in [0.1, 0.15) is 0 Å². The Morgan fingerprint density at radius 2 is 1.43 bits per heavy atom. The van der Waals surface area contributed by atoms with Crippen LogP contribution < -0.4 is 10.4 Å². The summed E-state index contributed by atoms with van der Waals surface area (Å²) in [4.78, 5) is 0. The highest BCUT2D eigenvalue weighted by Crippen LogP contribution is 2.36. The number of hydrogen-bond acceptors (Lipinski definition) is 1. The molecule has 2 atom stereocenters. The molecule has 1 nitrogen and oxygen atoms in total. The third-order valence-electron chi connectivity index (χ3n) is 5.56. The average Bonchev–Trinajstić information content (AvgIpc) is 2.74. The molecule has 30 heavy (non-hydrogen) atoms. The Morgan fingerprint density at radius 3 is 1.90 bits per heavy atom. The van der Waals surface area contributed by atoms with Crippen LogP contribution in [0.15, 0.2) is 72.8 Å². The van der Waals surface area contributed by atoms with E-state index in [1.165, 1.54) is 23.2 Å². The average molecular weight is 464 g/mol. The van der Waals surface area contributed by atoms with E-state index < -0.39 is 8.32 Å². The van der Waals surface area contributed by atoms with Crippen LogP contribution in [-0.2, 0) is 4.43 Å². The summed E-state index contributed by atoms with van der Waals surface area (Å²) in [5.74, 6) is 0. The molecule has 164 valence electrons. The number of halogens is 2. The lowest BCUT2D eigenvalue weighted by Gasteiger charge is -2.42. The first-order chi connectivity index (χ1) is 14.3. The molecule has 0 saturated carbocycles. The molecule has 0 aliphatic heterocycles. The lowest BCUT2D eigenvalue weighted by Crippen LogP contribution is -2.66. The maximum Gasteiger partial charge on any atom is 0.261 e. The van der Waals surface area contributed by atoms with E-state index in [0.29, 0.717) is 6.61 Å². The van der Waals surface area contributed by atoms with E-state index in [0.717, 1.165) is 12.8 Å². The first-order valence-electron chi connectivity index (χ1n) is 11.0. The zero-order valence-corrected chi connectivity index (χ0v) is 21.3. The Kier molecular flexibility index (Phi) is 10.2.